The normalized spacial score (nSPS) is 10.1. The lowest BCUT2D eigenvalue weighted by molar-refractivity contribution is 0.0993. The van der Waals surface area contributed by atoms with Gasteiger partial charge in [0, 0.05) is 5.56 Å². The minimum atomic E-state index is 0.0243. The van der Waals surface area contributed by atoms with Gasteiger partial charge in [-0.2, -0.15) is 0 Å². The molecule has 0 aliphatic carbocycles. The second kappa shape index (κ2) is 4.40. The average Bonchev–Trinajstić information content (AvgIpc) is 2.10. The molecule has 3 heteroatoms. The molecule has 1 aromatic carbocycles. The molecule has 0 saturated heterocycles. The fourth-order valence-electron chi connectivity index (χ4n) is 1.12. The summed E-state index contributed by atoms with van der Waals surface area (Å²) in [5, 5.41) is 3.36. The molecule has 70 valence electrons. The van der Waals surface area contributed by atoms with Gasteiger partial charge in [-0.3, -0.25) is 4.79 Å². The van der Waals surface area contributed by atoms with E-state index >= 15 is 0 Å². The second-order valence-electron chi connectivity index (χ2n) is 2.89. The molecule has 0 fully saturated rings. The Balaban J connectivity index is 3.01. The van der Waals surface area contributed by atoms with Gasteiger partial charge in [0.1, 0.15) is 0 Å². The first-order chi connectivity index (χ1) is 6.16. The van der Waals surface area contributed by atoms with Gasteiger partial charge in [-0.05, 0) is 25.6 Å². The standard InChI is InChI=1S/C10H12ClNO/c1-7-4-3-5-8(10(7)11)9(13)6-12-2/h3-5,12H,6H2,1-2H3. The van der Waals surface area contributed by atoms with Gasteiger partial charge in [0.25, 0.3) is 0 Å². The number of hydrogen-bond acceptors (Lipinski definition) is 2. The number of Topliss-reactive ketones (excluding diaryl/α,β-unsaturated/α-hetero) is 1. The van der Waals surface area contributed by atoms with Crippen molar-refractivity contribution in [3.8, 4) is 0 Å². The first-order valence-corrected chi connectivity index (χ1v) is 4.47. The smallest absolute Gasteiger partial charge is 0.178 e. The molecule has 0 radical (unpaired) electrons. The highest BCUT2D eigenvalue weighted by atomic mass is 35.5. The molecular formula is C10H12ClNO. The highest BCUT2D eigenvalue weighted by molar-refractivity contribution is 6.34. The van der Waals surface area contributed by atoms with Crippen LogP contribution in [0.4, 0.5) is 0 Å². The molecule has 1 N–H and O–H groups in total. The van der Waals surface area contributed by atoms with E-state index in [2.05, 4.69) is 5.32 Å². The van der Waals surface area contributed by atoms with E-state index in [1.807, 2.05) is 19.1 Å². The van der Waals surface area contributed by atoms with Crippen molar-refractivity contribution >= 4 is 17.4 Å². The summed E-state index contributed by atoms with van der Waals surface area (Å²) in [5.41, 5.74) is 1.53. The van der Waals surface area contributed by atoms with E-state index in [-0.39, 0.29) is 5.78 Å². The lowest BCUT2D eigenvalue weighted by atomic mass is 10.1. The van der Waals surface area contributed by atoms with Gasteiger partial charge < -0.3 is 5.32 Å². The number of hydrogen-bond donors (Lipinski definition) is 1. The topological polar surface area (TPSA) is 29.1 Å². The molecule has 13 heavy (non-hydrogen) atoms. The number of aryl methyl sites for hydroxylation is 1. The minimum absolute atomic E-state index is 0.0243. The van der Waals surface area contributed by atoms with Crippen LogP contribution < -0.4 is 5.32 Å². The van der Waals surface area contributed by atoms with Crippen LogP contribution in [-0.4, -0.2) is 19.4 Å². The van der Waals surface area contributed by atoms with Crippen molar-refractivity contribution < 1.29 is 4.79 Å². The Bertz CT molecular complexity index is 323. The van der Waals surface area contributed by atoms with Crippen LogP contribution in [-0.2, 0) is 0 Å². The molecular weight excluding hydrogens is 186 g/mol. The van der Waals surface area contributed by atoms with Crippen molar-refractivity contribution in [3.63, 3.8) is 0 Å². The molecule has 0 bridgehead atoms. The number of likely N-dealkylation sites (N-methyl/N-ethyl adjacent to an activating group) is 1. The monoisotopic (exact) mass is 197 g/mol. The van der Waals surface area contributed by atoms with E-state index in [9.17, 15) is 4.79 Å². The van der Waals surface area contributed by atoms with Gasteiger partial charge in [-0.25, -0.2) is 0 Å². The molecule has 0 atom stereocenters. The number of carbonyl (C=O) groups is 1. The Morgan fingerprint density at radius 3 is 2.85 bits per heavy atom. The third-order valence-electron chi connectivity index (χ3n) is 1.83. The Morgan fingerprint density at radius 1 is 1.54 bits per heavy atom. The highest BCUT2D eigenvalue weighted by Crippen LogP contribution is 2.20. The van der Waals surface area contributed by atoms with E-state index in [1.165, 1.54) is 0 Å². The van der Waals surface area contributed by atoms with Crippen molar-refractivity contribution in [2.45, 2.75) is 6.92 Å². The minimum Gasteiger partial charge on any atom is -0.313 e. The summed E-state index contributed by atoms with van der Waals surface area (Å²) in [6.45, 7) is 2.21. The first kappa shape index (κ1) is 10.2. The summed E-state index contributed by atoms with van der Waals surface area (Å²) in [5.74, 6) is 0.0243. The molecule has 0 unspecified atom stereocenters. The zero-order chi connectivity index (χ0) is 9.84. The molecule has 0 heterocycles. The van der Waals surface area contributed by atoms with Gasteiger partial charge in [0.15, 0.2) is 5.78 Å². The second-order valence-corrected chi connectivity index (χ2v) is 3.27. The number of carbonyl (C=O) groups excluding carboxylic acids is 1. The van der Waals surface area contributed by atoms with Crippen LogP contribution in [0.25, 0.3) is 0 Å². The third-order valence-corrected chi connectivity index (χ3v) is 2.33. The van der Waals surface area contributed by atoms with Crippen LogP contribution in [0.1, 0.15) is 15.9 Å². The number of nitrogens with one attached hydrogen (secondary N) is 1. The van der Waals surface area contributed by atoms with Gasteiger partial charge in [-0.15, -0.1) is 0 Å². The largest absolute Gasteiger partial charge is 0.313 e. The van der Waals surface area contributed by atoms with Crippen molar-refractivity contribution in [2.75, 3.05) is 13.6 Å². The Morgan fingerprint density at radius 2 is 2.23 bits per heavy atom. The van der Waals surface area contributed by atoms with Crippen molar-refractivity contribution in [1.82, 2.24) is 5.32 Å². The molecule has 0 amide bonds. The van der Waals surface area contributed by atoms with Crippen LogP contribution in [0.3, 0.4) is 0 Å². The van der Waals surface area contributed by atoms with Gasteiger partial charge >= 0.3 is 0 Å². The third kappa shape index (κ3) is 2.29. The quantitative estimate of drug-likeness (QED) is 0.752. The van der Waals surface area contributed by atoms with E-state index < -0.39 is 0 Å². The molecule has 0 saturated carbocycles. The zero-order valence-corrected chi connectivity index (χ0v) is 8.48. The molecule has 1 aromatic rings. The van der Waals surface area contributed by atoms with Gasteiger partial charge in [0.2, 0.25) is 0 Å². The number of halogens is 1. The maximum absolute atomic E-state index is 11.5. The number of benzene rings is 1. The van der Waals surface area contributed by atoms with E-state index in [0.29, 0.717) is 17.1 Å². The fourth-order valence-corrected chi connectivity index (χ4v) is 1.35. The van der Waals surface area contributed by atoms with E-state index in [4.69, 9.17) is 11.6 Å². The fraction of sp³-hybridized carbons (Fsp3) is 0.300. The van der Waals surface area contributed by atoms with Gasteiger partial charge in [-0.1, -0.05) is 23.7 Å². The molecule has 0 aliphatic heterocycles. The maximum atomic E-state index is 11.5. The predicted molar refractivity (Wildman–Crippen MR) is 54.4 cm³/mol. The van der Waals surface area contributed by atoms with Crippen LogP contribution in [0, 0.1) is 6.92 Å². The number of rotatable bonds is 3. The first-order valence-electron chi connectivity index (χ1n) is 4.09. The molecule has 0 spiro atoms. The summed E-state index contributed by atoms with van der Waals surface area (Å²) in [6, 6.07) is 5.47. The van der Waals surface area contributed by atoms with E-state index in [1.54, 1.807) is 13.1 Å². The summed E-state index contributed by atoms with van der Waals surface area (Å²) < 4.78 is 0. The van der Waals surface area contributed by atoms with Crippen LogP contribution >= 0.6 is 11.6 Å². The van der Waals surface area contributed by atoms with E-state index in [0.717, 1.165) is 5.56 Å². The van der Waals surface area contributed by atoms with Crippen molar-refractivity contribution in [2.24, 2.45) is 0 Å². The Hall–Kier alpha value is -0.860. The SMILES string of the molecule is CNCC(=O)c1cccc(C)c1Cl. The predicted octanol–water partition coefficient (Wildman–Crippen LogP) is 2.05. The zero-order valence-electron chi connectivity index (χ0n) is 7.73. The Kier molecular flexibility index (Phi) is 3.46. The number of ketones is 1. The van der Waals surface area contributed by atoms with Crippen molar-refractivity contribution in [3.05, 3.63) is 34.3 Å². The average molecular weight is 198 g/mol. The summed E-state index contributed by atoms with van der Waals surface area (Å²) >= 11 is 5.98. The Labute approximate surface area is 82.9 Å². The highest BCUT2D eigenvalue weighted by Gasteiger charge is 2.09. The van der Waals surface area contributed by atoms with Crippen LogP contribution in [0.5, 0.6) is 0 Å². The van der Waals surface area contributed by atoms with Gasteiger partial charge in [0.05, 0.1) is 11.6 Å². The lowest BCUT2D eigenvalue weighted by Gasteiger charge is -2.04. The lowest BCUT2D eigenvalue weighted by Crippen LogP contribution is -2.18. The molecule has 0 aromatic heterocycles. The summed E-state index contributed by atoms with van der Waals surface area (Å²) in [7, 11) is 1.74. The molecule has 1 rings (SSSR count). The summed E-state index contributed by atoms with van der Waals surface area (Å²) in [6.07, 6.45) is 0. The summed E-state index contributed by atoms with van der Waals surface area (Å²) in [4.78, 5) is 11.5. The molecule has 0 aliphatic rings. The molecule has 2 nitrogen and oxygen atoms in total. The maximum Gasteiger partial charge on any atom is 0.178 e. The van der Waals surface area contributed by atoms with Crippen LogP contribution in [0.15, 0.2) is 18.2 Å². The van der Waals surface area contributed by atoms with Crippen molar-refractivity contribution in [1.29, 1.82) is 0 Å². The van der Waals surface area contributed by atoms with Crippen LogP contribution in [0.2, 0.25) is 5.02 Å².